The van der Waals surface area contributed by atoms with E-state index < -0.39 is 0 Å². The van der Waals surface area contributed by atoms with Crippen LogP contribution in [-0.4, -0.2) is 25.1 Å². The molecule has 0 spiro atoms. The summed E-state index contributed by atoms with van der Waals surface area (Å²) in [6.07, 6.45) is 0.914. The molecule has 0 bridgehead atoms. The second-order valence-corrected chi connectivity index (χ2v) is 4.87. The first kappa shape index (κ1) is 15.8. The van der Waals surface area contributed by atoms with Crippen molar-refractivity contribution in [1.29, 1.82) is 0 Å². The van der Waals surface area contributed by atoms with Gasteiger partial charge in [0.2, 0.25) is 5.91 Å². The normalized spacial score (nSPS) is 10.1. The molecule has 1 heterocycles. The Morgan fingerprint density at radius 3 is 2.59 bits per heavy atom. The van der Waals surface area contributed by atoms with E-state index in [-0.39, 0.29) is 5.91 Å². The lowest BCUT2D eigenvalue weighted by Gasteiger charge is -2.12. The van der Waals surface area contributed by atoms with E-state index in [9.17, 15) is 4.79 Å². The fourth-order valence-corrected chi connectivity index (χ4v) is 2.22. The number of para-hydroxylation sites is 1. The van der Waals surface area contributed by atoms with Gasteiger partial charge in [-0.3, -0.25) is 4.79 Å². The highest BCUT2D eigenvalue weighted by Crippen LogP contribution is 2.31. The predicted octanol–water partition coefficient (Wildman–Crippen LogP) is 2.98. The van der Waals surface area contributed by atoms with E-state index in [4.69, 9.17) is 9.47 Å². The maximum absolute atomic E-state index is 12.0. The lowest BCUT2D eigenvalue weighted by molar-refractivity contribution is -0.116. The number of carbonyl (C=O) groups excluding carboxylic acids is 1. The number of hydrogen-bond donors (Lipinski definition) is 1. The van der Waals surface area contributed by atoms with E-state index in [1.165, 1.54) is 0 Å². The molecule has 0 unspecified atom stereocenters. The van der Waals surface area contributed by atoms with Gasteiger partial charge in [-0.25, -0.2) is 4.98 Å². The summed E-state index contributed by atoms with van der Waals surface area (Å²) in [6, 6.07) is 11.2. The first-order valence-corrected chi connectivity index (χ1v) is 7.07. The third-order valence-corrected chi connectivity index (χ3v) is 3.26. The van der Waals surface area contributed by atoms with Crippen LogP contribution >= 0.6 is 0 Å². The molecule has 1 aromatic heterocycles. The van der Waals surface area contributed by atoms with Crippen LogP contribution in [0.3, 0.4) is 0 Å². The van der Waals surface area contributed by atoms with Crippen LogP contribution < -0.4 is 14.8 Å². The zero-order chi connectivity index (χ0) is 15.9. The number of benzene rings is 1. The van der Waals surface area contributed by atoms with Gasteiger partial charge in [-0.05, 0) is 37.1 Å². The molecule has 2 rings (SSSR count). The molecule has 0 saturated heterocycles. The topological polar surface area (TPSA) is 60.5 Å². The smallest absolute Gasteiger partial charge is 0.225 e. The van der Waals surface area contributed by atoms with E-state index in [1.807, 2.05) is 37.3 Å². The Labute approximate surface area is 130 Å². The summed E-state index contributed by atoms with van der Waals surface area (Å²) in [6.45, 7) is 1.89. The van der Waals surface area contributed by atoms with Crippen LogP contribution in [0.15, 0.2) is 36.4 Å². The van der Waals surface area contributed by atoms with E-state index in [0.717, 1.165) is 11.3 Å². The number of rotatable bonds is 6. The Kier molecular flexibility index (Phi) is 5.36. The fraction of sp³-hybridized carbons (Fsp3) is 0.294. The summed E-state index contributed by atoms with van der Waals surface area (Å²) < 4.78 is 10.6. The van der Waals surface area contributed by atoms with E-state index >= 15 is 0 Å². The molecule has 22 heavy (non-hydrogen) atoms. The van der Waals surface area contributed by atoms with Gasteiger partial charge in [-0.15, -0.1) is 0 Å². The van der Waals surface area contributed by atoms with Crippen LogP contribution in [0.2, 0.25) is 0 Å². The number of aromatic nitrogens is 1. The molecule has 0 aliphatic heterocycles. The molecular formula is C17H20N2O3. The van der Waals surface area contributed by atoms with Crippen molar-refractivity contribution >= 4 is 11.7 Å². The van der Waals surface area contributed by atoms with Gasteiger partial charge in [0.15, 0.2) is 11.5 Å². The number of nitrogens with zero attached hydrogens (tertiary/aromatic N) is 1. The number of nitrogens with one attached hydrogen (secondary N) is 1. The number of anilines is 1. The molecule has 5 heteroatoms. The van der Waals surface area contributed by atoms with Crippen molar-refractivity contribution in [2.45, 2.75) is 19.8 Å². The Morgan fingerprint density at radius 2 is 1.91 bits per heavy atom. The van der Waals surface area contributed by atoms with Crippen LogP contribution in [0.5, 0.6) is 11.5 Å². The van der Waals surface area contributed by atoms with E-state index in [2.05, 4.69) is 10.3 Å². The average molecular weight is 300 g/mol. The van der Waals surface area contributed by atoms with Crippen LogP contribution in [-0.2, 0) is 11.2 Å². The number of methoxy groups -OCH3 is 2. The summed E-state index contributed by atoms with van der Waals surface area (Å²) in [5.74, 6) is 1.83. The van der Waals surface area contributed by atoms with Gasteiger partial charge in [0.25, 0.3) is 0 Å². The van der Waals surface area contributed by atoms with Gasteiger partial charge >= 0.3 is 0 Å². The third kappa shape index (κ3) is 3.97. The number of amides is 1. The van der Waals surface area contributed by atoms with E-state index in [0.29, 0.717) is 30.2 Å². The van der Waals surface area contributed by atoms with Gasteiger partial charge in [-0.1, -0.05) is 18.2 Å². The van der Waals surface area contributed by atoms with Gasteiger partial charge in [0, 0.05) is 12.1 Å². The summed E-state index contributed by atoms with van der Waals surface area (Å²) >= 11 is 0. The number of hydrogen-bond acceptors (Lipinski definition) is 4. The Morgan fingerprint density at radius 1 is 1.14 bits per heavy atom. The molecule has 0 aliphatic carbocycles. The molecule has 1 N–H and O–H groups in total. The monoisotopic (exact) mass is 300 g/mol. The second kappa shape index (κ2) is 7.45. The number of aryl methyl sites for hydroxylation is 2. The minimum atomic E-state index is -0.0806. The van der Waals surface area contributed by atoms with Crippen LogP contribution in [0.1, 0.15) is 17.7 Å². The fourth-order valence-electron chi connectivity index (χ4n) is 2.22. The average Bonchev–Trinajstić information content (AvgIpc) is 2.52. The SMILES string of the molecule is COc1cccc(CCC(=O)Nc2cccc(C)n2)c1OC. The summed E-state index contributed by atoms with van der Waals surface area (Å²) in [7, 11) is 3.19. The first-order valence-electron chi connectivity index (χ1n) is 7.07. The molecular weight excluding hydrogens is 280 g/mol. The number of pyridine rings is 1. The second-order valence-electron chi connectivity index (χ2n) is 4.87. The zero-order valence-electron chi connectivity index (χ0n) is 13.1. The summed E-state index contributed by atoms with van der Waals surface area (Å²) in [4.78, 5) is 16.3. The standard InChI is InChI=1S/C17H20N2O3/c1-12-6-4-9-15(18-12)19-16(20)11-10-13-7-5-8-14(21-2)17(13)22-3/h4-9H,10-11H2,1-3H3,(H,18,19,20). The molecule has 2 aromatic rings. The van der Waals surface area contributed by atoms with Crippen molar-refractivity contribution in [3.05, 3.63) is 47.7 Å². The van der Waals surface area contributed by atoms with Crippen molar-refractivity contribution in [1.82, 2.24) is 4.98 Å². The minimum absolute atomic E-state index is 0.0806. The maximum atomic E-state index is 12.0. The summed E-state index contributed by atoms with van der Waals surface area (Å²) in [5.41, 5.74) is 1.81. The van der Waals surface area contributed by atoms with Crippen LogP contribution in [0, 0.1) is 6.92 Å². The van der Waals surface area contributed by atoms with Crippen molar-refractivity contribution < 1.29 is 14.3 Å². The first-order chi connectivity index (χ1) is 10.6. The van der Waals surface area contributed by atoms with Crippen molar-refractivity contribution in [2.24, 2.45) is 0 Å². The molecule has 5 nitrogen and oxygen atoms in total. The van der Waals surface area contributed by atoms with Crippen LogP contribution in [0.4, 0.5) is 5.82 Å². The Hall–Kier alpha value is -2.56. The van der Waals surface area contributed by atoms with E-state index in [1.54, 1.807) is 20.3 Å². The van der Waals surface area contributed by atoms with Crippen LogP contribution in [0.25, 0.3) is 0 Å². The number of carbonyl (C=O) groups is 1. The molecule has 116 valence electrons. The third-order valence-electron chi connectivity index (χ3n) is 3.26. The quantitative estimate of drug-likeness (QED) is 0.891. The highest BCUT2D eigenvalue weighted by atomic mass is 16.5. The van der Waals surface area contributed by atoms with Crippen molar-refractivity contribution in [3.63, 3.8) is 0 Å². The molecule has 0 fully saturated rings. The minimum Gasteiger partial charge on any atom is -0.493 e. The highest BCUT2D eigenvalue weighted by molar-refractivity contribution is 5.89. The highest BCUT2D eigenvalue weighted by Gasteiger charge is 2.11. The Balaban J connectivity index is 1.99. The zero-order valence-corrected chi connectivity index (χ0v) is 13.1. The van der Waals surface area contributed by atoms with Gasteiger partial charge < -0.3 is 14.8 Å². The summed E-state index contributed by atoms with van der Waals surface area (Å²) in [5, 5.41) is 2.80. The maximum Gasteiger partial charge on any atom is 0.225 e. The number of ether oxygens (including phenoxy) is 2. The molecule has 0 aliphatic rings. The van der Waals surface area contributed by atoms with Crippen molar-refractivity contribution in [2.75, 3.05) is 19.5 Å². The van der Waals surface area contributed by atoms with Crippen molar-refractivity contribution in [3.8, 4) is 11.5 Å². The molecule has 0 radical (unpaired) electrons. The van der Waals surface area contributed by atoms with Gasteiger partial charge in [-0.2, -0.15) is 0 Å². The Bertz CT molecular complexity index is 656. The molecule has 0 atom stereocenters. The largest absolute Gasteiger partial charge is 0.493 e. The van der Waals surface area contributed by atoms with Gasteiger partial charge in [0.05, 0.1) is 14.2 Å². The lowest BCUT2D eigenvalue weighted by Crippen LogP contribution is -2.13. The van der Waals surface area contributed by atoms with Gasteiger partial charge in [0.1, 0.15) is 5.82 Å². The molecule has 1 amide bonds. The predicted molar refractivity (Wildman–Crippen MR) is 85.5 cm³/mol. The molecule has 0 saturated carbocycles. The molecule has 1 aromatic carbocycles. The lowest BCUT2D eigenvalue weighted by atomic mass is 10.1.